The summed E-state index contributed by atoms with van der Waals surface area (Å²) in [5.41, 5.74) is 5.03. The van der Waals surface area contributed by atoms with Crippen molar-refractivity contribution in [2.24, 2.45) is 5.41 Å². The van der Waals surface area contributed by atoms with Crippen molar-refractivity contribution in [1.29, 1.82) is 0 Å². The van der Waals surface area contributed by atoms with Crippen LogP contribution in [0.1, 0.15) is 49.4 Å². The van der Waals surface area contributed by atoms with E-state index in [9.17, 15) is 0 Å². The monoisotopic (exact) mass is 488 g/mol. The van der Waals surface area contributed by atoms with E-state index in [-0.39, 0.29) is 12.2 Å². The zero-order chi connectivity index (χ0) is 20.4. The van der Waals surface area contributed by atoms with E-state index in [1.807, 2.05) is 0 Å². The van der Waals surface area contributed by atoms with Crippen LogP contribution in [0, 0.1) is 5.41 Å². The van der Waals surface area contributed by atoms with Crippen LogP contribution < -0.4 is 0 Å². The van der Waals surface area contributed by atoms with Crippen molar-refractivity contribution in [2.45, 2.75) is 41.4 Å². The molecule has 2 aliphatic rings. The summed E-state index contributed by atoms with van der Waals surface area (Å²) in [6.45, 7) is 11.2. The van der Waals surface area contributed by atoms with Crippen LogP contribution in [0.2, 0.25) is 3.12 Å². The molecule has 0 aromatic heterocycles. The van der Waals surface area contributed by atoms with E-state index in [4.69, 9.17) is 17.0 Å². The molecule has 28 heavy (non-hydrogen) atoms. The first kappa shape index (κ1) is 20.5. The standard InChI is InChI=1S/C13H9.C9H13.C3H6.2ClH.Zr/c1-3-7-12-10(5-1)9-11-6-2-4-8-13(11)12;1-9(2,3)8-6-4-5-7-8;1-3-2;;;/h1-9H;4-7H,1-3H3;1-2H3;2*1H;/q;;;;;+2/p-2. The molecule has 0 amide bonds. The molecule has 0 atom stereocenters. The zero-order valence-corrected chi connectivity index (χ0v) is 21.2. The average molecular weight is 491 g/mol. The Kier molecular flexibility index (Phi) is 4.67. The minimum atomic E-state index is -4.78. The van der Waals surface area contributed by atoms with Crippen molar-refractivity contribution in [3.63, 3.8) is 0 Å². The molecular weight excluding hydrogens is 462 g/mol. The maximum atomic E-state index is 8.07. The number of benzene rings is 2. The molecule has 0 radical (unpaired) electrons. The number of hydrogen-bond donors (Lipinski definition) is 0. The normalized spacial score (nSPS) is 18.3. The molecule has 146 valence electrons. The molecule has 2 aliphatic carbocycles. The third-order valence-electron chi connectivity index (χ3n) is 7.09. The van der Waals surface area contributed by atoms with Gasteiger partial charge in [0.25, 0.3) is 0 Å². The second-order valence-electron chi connectivity index (χ2n) is 9.53. The molecule has 0 nitrogen and oxygen atoms in total. The quantitative estimate of drug-likeness (QED) is 0.397. The molecular formula is C25H28Cl2Zr. The second kappa shape index (κ2) is 6.37. The van der Waals surface area contributed by atoms with Gasteiger partial charge in [-0.05, 0) is 0 Å². The van der Waals surface area contributed by atoms with Gasteiger partial charge in [-0.15, -0.1) is 0 Å². The van der Waals surface area contributed by atoms with E-state index in [0.717, 1.165) is 0 Å². The SMILES string of the molecule is C[C](C)=[Zr]([Cl])([Cl])([CH]1c2ccccc2-c2ccccc21)[C]1(C(C)(C)C)C=CC=C1. The predicted molar refractivity (Wildman–Crippen MR) is 122 cm³/mol. The van der Waals surface area contributed by atoms with Gasteiger partial charge < -0.3 is 0 Å². The molecule has 0 unspecified atom stereocenters. The Labute approximate surface area is 177 Å². The van der Waals surface area contributed by atoms with Crippen LogP contribution in [0.5, 0.6) is 0 Å². The van der Waals surface area contributed by atoms with Gasteiger partial charge in [-0.25, -0.2) is 0 Å². The Morgan fingerprint density at radius 2 is 1.25 bits per heavy atom. The fourth-order valence-electron chi connectivity index (χ4n) is 5.61. The zero-order valence-electron chi connectivity index (χ0n) is 17.3. The van der Waals surface area contributed by atoms with Crippen molar-refractivity contribution in [1.82, 2.24) is 0 Å². The van der Waals surface area contributed by atoms with Crippen molar-refractivity contribution in [3.05, 3.63) is 84.0 Å². The minimum absolute atomic E-state index is 0.0359. The van der Waals surface area contributed by atoms with Crippen molar-refractivity contribution < 1.29 is 15.9 Å². The summed E-state index contributed by atoms with van der Waals surface area (Å²) in [5, 5.41) is 0. The molecule has 0 saturated heterocycles. The van der Waals surface area contributed by atoms with E-state index in [1.54, 1.807) is 0 Å². The first-order chi connectivity index (χ1) is 13.0. The van der Waals surface area contributed by atoms with E-state index >= 15 is 0 Å². The third-order valence-corrected chi connectivity index (χ3v) is 32.8. The average Bonchev–Trinajstić information content (AvgIpc) is 3.26. The van der Waals surface area contributed by atoms with Crippen LogP contribution >= 0.6 is 17.0 Å². The molecule has 0 aliphatic heterocycles. The molecule has 3 heteroatoms. The number of allylic oxidation sites excluding steroid dienone is 4. The van der Waals surface area contributed by atoms with Crippen LogP contribution in [0.25, 0.3) is 11.1 Å². The summed E-state index contributed by atoms with van der Waals surface area (Å²) in [6, 6.07) is 17.4. The fourth-order valence-corrected chi connectivity index (χ4v) is 27.1. The van der Waals surface area contributed by atoms with Crippen LogP contribution in [0.3, 0.4) is 0 Å². The molecule has 0 spiro atoms. The Morgan fingerprint density at radius 3 is 1.64 bits per heavy atom. The molecule has 2 aromatic rings. The van der Waals surface area contributed by atoms with Gasteiger partial charge in [0.1, 0.15) is 0 Å². The van der Waals surface area contributed by atoms with Gasteiger partial charge in [0.05, 0.1) is 0 Å². The third kappa shape index (κ3) is 2.36. The van der Waals surface area contributed by atoms with Crippen molar-refractivity contribution in [2.75, 3.05) is 0 Å². The Bertz CT molecular complexity index is 1030. The van der Waals surface area contributed by atoms with Crippen LogP contribution in [0.15, 0.2) is 72.8 Å². The Hall–Kier alpha value is -0.747. The molecule has 4 rings (SSSR count). The van der Waals surface area contributed by atoms with Crippen LogP contribution in [-0.4, -0.2) is 3.21 Å². The first-order valence-corrected chi connectivity index (χ1v) is 20.2. The molecule has 0 N–H and O–H groups in total. The van der Waals surface area contributed by atoms with Crippen molar-refractivity contribution in [3.8, 4) is 11.1 Å². The van der Waals surface area contributed by atoms with Crippen LogP contribution in [-0.2, 0) is 15.9 Å². The number of fused-ring (bicyclic) bond motifs is 3. The predicted octanol–water partition coefficient (Wildman–Crippen LogP) is 8.30. The summed E-state index contributed by atoms with van der Waals surface area (Å²) >= 11 is -4.78. The molecule has 0 saturated carbocycles. The summed E-state index contributed by atoms with van der Waals surface area (Å²) in [4.78, 5) is 0. The van der Waals surface area contributed by atoms with Gasteiger partial charge in [-0.3, -0.25) is 0 Å². The molecule has 0 heterocycles. The Balaban J connectivity index is 2.19. The first-order valence-electron chi connectivity index (χ1n) is 9.98. The fraction of sp³-hybridized carbons (Fsp3) is 0.320. The number of rotatable bonds is 2. The topological polar surface area (TPSA) is 0 Å². The second-order valence-corrected chi connectivity index (χ2v) is 31.2. The molecule has 0 bridgehead atoms. The maximum absolute atomic E-state index is 8.07. The number of hydrogen-bond acceptors (Lipinski definition) is 0. The molecule has 2 aromatic carbocycles. The van der Waals surface area contributed by atoms with Gasteiger partial charge in [-0.2, -0.15) is 0 Å². The van der Waals surface area contributed by atoms with E-state index in [2.05, 4.69) is 107 Å². The summed E-state index contributed by atoms with van der Waals surface area (Å²) in [7, 11) is 16.1. The van der Waals surface area contributed by atoms with Gasteiger partial charge >= 0.3 is 178 Å². The van der Waals surface area contributed by atoms with E-state index < -0.39 is 15.9 Å². The van der Waals surface area contributed by atoms with E-state index in [1.165, 1.54) is 25.5 Å². The summed E-state index contributed by atoms with van der Waals surface area (Å²) in [6.07, 6.45) is 8.88. The number of halogens is 2. The Morgan fingerprint density at radius 1 is 0.821 bits per heavy atom. The van der Waals surface area contributed by atoms with Gasteiger partial charge in [0.2, 0.25) is 0 Å². The van der Waals surface area contributed by atoms with Crippen LogP contribution in [0.4, 0.5) is 0 Å². The van der Waals surface area contributed by atoms with Crippen molar-refractivity contribution >= 4 is 20.2 Å². The summed E-state index contributed by atoms with van der Waals surface area (Å²) < 4.78 is 0.895. The summed E-state index contributed by atoms with van der Waals surface area (Å²) in [5.74, 6) is 0. The van der Waals surface area contributed by atoms with Gasteiger partial charge in [0.15, 0.2) is 0 Å². The van der Waals surface area contributed by atoms with E-state index in [0.29, 0.717) is 0 Å². The van der Waals surface area contributed by atoms with Gasteiger partial charge in [-0.1, -0.05) is 0 Å². The molecule has 0 fully saturated rings. The van der Waals surface area contributed by atoms with Gasteiger partial charge in [0, 0.05) is 0 Å².